The number of hydrogen-bond donors (Lipinski definition) is 0. The van der Waals surface area contributed by atoms with Crippen LogP contribution >= 0.6 is 7.92 Å². The molecule has 0 radical (unpaired) electrons. The Balaban J connectivity index is 0.000000359. The van der Waals surface area contributed by atoms with E-state index < -0.39 is 0 Å². The average Bonchev–Trinajstić information content (AvgIpc) is 2.75. The minimum absolute atomic E-state index is 0. The summed E-state index contributed by atoms with van der Waals surface area (Å²) in [5, 5.41) is 0. The first kappa shape index (κ1) is 17.2. The summed E-state index contributed by atoms with van der Waals surface area (Å²) >= 11 is 0. The van der Waals surface area contributed by atoms with Crippen LogP contribution in [0.1, 0.15) is 16.7 Å². The van der Waals surface area contributed by atoms with E-state index in [0.717, 1.165) is 12.0 Å². The van der Waals surface area contributed by atoms with Crippen LogP contribution in [0.3, 0.4) is 0 Å². The van der Waals surface area contributed by atoms with Crippen molar-refractivity contribution in [3.05, 3.63) is 65.6 Å². The second kappa shape index (κ2) is 7.82. The summed E-state index contributed by atoms with van der Waals surface area (Å²) in [5.41, 5.74) is 6.21. The van der Waals surface area contributed by atoms with E-state index >= 15 is 0 Å². The predicted molar refractivity (Wildman–Crippen MR) is 87.0 cm³/mol. The molecule has 0 bridgehead atoms. The second-order valence-corrected chi connectivity index (χ2v) is 8.33. The normalized spacial score (nSPS) is 10.6. The van der Waals surface area contributed by atoms with Crippen molar-refractivity contribution in [1.29, 1.82) is 0 Å². The smallest absolute Gasteiger partial charge is 0.366 e. The number of fused-ring (bicyclic) bond motifs is 3. The molecule has 20 heavy (non-hydrogen) atoms. The van der Waals surface area contributed by atoms with E-state index in [1.54, 1.807) is 0 Å². The summed E-state index contributed by atoms with van der Waals surface area (Å²) in [5.74, 6) is 2.43. The third kappa shape index (κ3) is 4.08. The Labute approximate surface area is 139 Å². The molecule has 2 heteroatoms. The Morgan fingerprint density at radius 2 is 1.55 bits per heavy atom. The molecule has 0 nitrogen and oxygen atoms in total. The first-order valence-electron chi connectivity index (χ1n) is 6.52. The minimum atomic E-state index is 0. The molecular formula is C18H19AuP+. The van der Waals surface area contributed by atoms with Gasteiger partial charge < -0.3 is 6.42 Å². The SMILES string of the molecule is C[PH+](C)C.[Au+].[C-]#Cc1ccc2c(c1)Cc1ccccc1-2. The van der Waals surface area contributed by atoms with Crippen LogP contribution in [0.25, 0.3) is 11.1 Å². The van der Waals surface area contributed by atoms with Crippen LogP contribution in [-0.2, 0) is 28.8 Å². The predicted octanol–water partition coefficient (Wildman–Crippen LogP) is 4.28. The Morgan fingerprint density at radius 1 is 0.950 bits per heavy atom. The van der Waals surface area contributed by atoms with Crippen molar-refractivity contribution in [2.75, 3.05) is 20.0 Å². The minimum Gasteiger partial charge on any atom is -0.366 e. The molecular weight excluding hydrogens is 444 g/mol. The quantitative estimate of drug-likeness (QED) is 0.202. The number of benzene rings is 2. The van der Waals surface area contributed by atoms with Crippen LogP contribution in [0.2, 0.25) is 0 Å². The second-order valence-electron chi connectivity index (χ2n) is 5.33. The van der Waals surface area contributed by atoms with Crippen molar-refractivity contribution in [3.8, 4) is 17.0 Å². The van der Waals surface area contributed by atoms with Gasteiger partial charge in [0.1, 0.15) is 0 Å². The molecule has 3 rings (SSSR count). The molecule has 0 unspecified atom stereocenters. The zero-order valence-electron chi connectivity index (χ0n) is 12.1. The van der Waals surface area contributed by atoms with Crippen LogP contribution in [-0.4, -0.2) is 20.0 Å². The molecule has 0 aromatic heterocycles. The zero-order chi connectivity index (χ0) is 13.8. The third-order valence-electron chi connectivity index (χ3n) is 2.94. The van der Waals surface area contributed by atoms with E-state index in [1.165, 1.54) is 22.3 Å². The Morgan fingerprint density at radius 3 is 2.20 bits per heavy atom. The van der Waals surface area contributed by atoms with E-state index in [1.807, 2.05) is 6.07 Å². The largest absolute Gasteiger partial charge is 1.00 e. The van der Waals surface area contributed by atoms with Crippen molar-refractivity contribution in [2.45, 2.75) is 6.42 Å². The monoisotopic (exact) mass is 463 g/mol. The number of rotatable bonds is 0. The molecule has 0 aliphatic heterocycles. The van der Waals surface area contributed by atoms with Gasteiger partial charge in [-0.3, -0.25) is 5.92 Å². The van der Waals surface area contributed by atoms with Crippen LogP contribution in [0.15, 0.2) is 42.5 Å². The molecule has 0 spiro atoms. The van der Waals surface area contributed by atoms with Gasteiger partial charge in [-0.2, -0.15) is 0 Å². The number of hydrogen-bond acceptors (Lipinski definition) is 0. The van der Waals surface area contributed by atoms with Gasteiger partial charge in [0, 0.05) is 20.0 Å². The van der Waals surface area contributed by atoms with E-state index in [0.29, 0.717) is 0 Å². The molecule has 106 valence electrons. The maximum Gasteiger partial charge on any atom is 1.00 e. The molecule has 2 aromatic rings. The van der Waals surface area contributed by atoms with E-state index in [2.05, 4.69) is 62.3 Å². The van der Waals surface area contributed by atoms with E-state index in [-0.39, 0.29) is 30.3 Å². The summed E-state index contributed by atoms with van der Waals surface area (Å²) in [6.45, 7) is 6.81. The summed E-state index contributed by atoms with van der Waals surface area (Å²) < 4.78 is 0. The topological polar surface area (TPSA) is 0 Å². The van der Waals surface area contributed by atoms with Crippen LogP contribution in [0.5, 0.6) is 0 Å². The Bertz CT molecular complexity index is 621. The van der Waals surface area contributed by atoms with Gasteiger partial charge in [-0.15, -0.1) is 17.7 Å². The first-order chi connectivity index (χ1) is 9.11. The molecule has 1 aliphatic rings. The van der Waals surface area contributed by atoms with Crippen molar-refractivity contribution in [2.24, 2.45) is 0 Å². The van der Waals surface area contributed by atoms with Gasteiger partial charge in [0.15, 0.2) is 0 Å². The van der Waals surface area contributed by atoms with Gasteiger partial charge in [-0.25, -0.2) is 0 Å². The molecule has 0 saturated heterocycles. The summed E-state index contributed by atoms with van der Waals surface area (Å²) in [6, 6.07) is 14.6. The summed E-state index contributed by atoms with van der Waals surface area (Å²) in [4.78, 5) is 0. The molecule has 0 fully saturated rings. The molecule has 1 aliphatic carbocycles. The van der Waals surface area contributed by atoms with Gasteiger partial charge in [0.2, 0.25) is 0 Å². The van der Waals surface area contributed by atoms with E-state index in [4.69, 9.17) is 6.42 Å². The molecule has 0 heterocycles. The molecule has 0 N–H and O–H groups in total. The van der Waals surface area contributed by atoms with Gasteiger partial charge in [-0.05, 0) is 31.0 Å². The van der Waals surface area contributed by atoms with Crippen molar-refractivity contribution in [1.82, 2.24) is 0 Å². The first-order valence-corrected chi connectivity index (χ1v) is 9.52. The van der Waals surface area contributed by atoms with Gasteiger partial charge >= 0.3 is 22.4 Å². The molecule has 2 aromatic carbocycles. The van der Waals surface area contributed by atoms with Gasteiger partial charge in [-0.1, -0.05) is 35.9 Å². The van der Waals surface area contributed by atoms with E-state index in [9.17, 15) is 0 Å². The molecule has 0 amide bonds. The fourth-order valence-corrected chi connectivity index (χ4v) is 2.22. The van der Waals surface area contributed by atoms with Crippen LogP contribution in [0.4, 0.5) is 0 Å². The van der Waals surface area contributed by atoms with Gasteiger partial charge in [0.25, 0.3) is 0 Å². The van der Waals surface area contributed by atoms with Crippen molar-refractivity contribution < 1.29 is 22.4 Å². The Hall–Kier alpha value is -0.830. The summed E-state index contributed by atoms with van der Waals surface area (Å²) in [6.07, 6.45) is 8.10. The van der Waals surface area contributed by atoms with Gasteiger partial charge in [0.05, 0.1) is 0 Å². The fourth-order valence-electron chi connectivity index (χ4n) is 2.22. The molecule has 0 atom stereocenters. The zero-order valence-corrected chi connectivity index (χ0v) is 15.2. The Kier molecular flexibility index (Phi) is 6.74. The molecule has 0 saturated carbocycles. The van der Waals surface area contributed by atoms with Crippen LogP contribution in [0, 0.1) is 12.3 Å². The maximum atomic E-state index is 7.12. The summed E-state index contributed by atoms with van der Waals surface area (Å²) in [7, 11) is 0.120. The fraction of sp³-hybridized carbons (Fsp3) is 0.222. The van der Waals surface area contributed by atoms with Crippen LogP contribution < -0.4 is 0 Å². The third-order valence-corrected chi connectivity index (χ3v) is 2.94. The maximum absolute atomic E-state index is 7.12. The average molecular weight is 463 g/mol. The van der Waals surface area contributed by atoms with Crippen molar-refractivity contribution in [3.63, 3.8) is 0 Å². The standard InChI is InChI=1S/C15H9.C3H9P.Au/c1-2-11-7-8-15-13(9-11)10-12-5-3-4-6-14(12)15;1-4(2)3;/h3-9H,10H2;1-3H3;/q-1;;+1/p+1. The van der Waals surface area contributed by atoms with Crippen molar-refractivity contribution >= 4 is 7.92 Å².